The van der Waals surface area contributed by atoms with Crippen molar-refractivity contribution in [2.75, 3.05) is 18.4 Å². The Morgan fingerprint density at radius 2 is 2.18 bits per heavy atom. The van der Waals surface area contributed by atoms with Gasteiger partial charge < -0.3 is 20.1 Å². The van der Waals surface area contributed by atoms with E-state index in [1.165, 1.54) is 4.90 Å². The lowest BCUT2D eigenvalue weighted by atomic mass is 10.1. The number of benzene rings is 1. The smallest absolute Gasteiger partial charge is 0.308 e. The van der Waals surface area contributed by atoms with E-state index in [-0.39, 0.29) is 18.4 Å². The number of likely N-dealkylation sites (tertiary alicyclic amines) is 1. The molecule has 0 spiro atoms. The summed E-state index contributed by atoms with van der Waals surface area (Å²) in [6, 6.07) is 4.95. The molecular formula is C15H16N2O5. The number of anilines is 1. The SMILES string of the molecule is CC1Oc2c(cccc2C(=O)N2CCC(C(=O)O)C2)NC1=O. The first-order valence-corrected chi connectivity index (χ1v) is 7.10. The van der Waals surface area contributed by atoms with Gasteiger partial charge in [-0.15, -0.1) is 0 Å². The Labute approximate surface area is 126 Å². The van der Waals surface area contributed by atoms with E-state index in [9.17, 15) is 14.4 Å². The molecule has 0 aliphatic carbocycles. The van der Waals surface area contributed by atoms with Gasteiger partial charge in [-0.2, -0.15) is 0 Å². The molecule has 1 aromatic carbocycles. The Morgan fingerprint density at radius 3 is 2.86 bits per heavy atom. The lowest BCUT2D eigenvalue weighted by molar-refractivity contribution is -0.141. The highest BCUT2D eigenvalue weighted by atomic mass is 16.5. The number of amides is 2. The first-order valence-electron chi connectivity index (χ1n) is 7.10. The Bertz CT molecular complexity index is 657. The minimum Gasteiger partial charge on any atom is -0.481 e. The van der Waals surface area contributed by atoms with E-state index in [0.29, 0.717) is 30.0 Å². The van der Waals surface area contributed by atoms with Crippen molar-refractivity contribution in [1.82, 2.24) is 4.90 Å². The van der Waals surface area contributed by atoms with Crippen molar-refractivity contribution in [3.8, 4) is 5.75 Å². The molecule has 0 saturated carbocycles. The second-order valence-electron chi connectivity index (χ2n) is 5.51. The first kappa shape index (κ1) is 14.4. The molecule has 2 atom stereocenters. The number of rotatable bonds is 2. The van der Waals surface area contributed by atoms with Crippen molar-refractivity contribution < 1.29 is 24.2 Å². The second-order valence-corrected chi connectivity index (χ2v) is 5.51. The maximum absolute atomic E-state index is 12.6. The number of carbonyl (C=O) groups is 3. The topological polar surface area (TPSA) is 95.9 Å². The summed E-state index contributed by atoms with van der Waals surface area (Å²) < 4.78 is 5.55. The van der Waals surface area contributed by atoms with Gasteiger partial charge in [0.15, 0.2) is 11.9 Å². The molecule has 7 heteroatoms. The van der Waals surface area contributed by atoms with Crippen LogP contribution in [0.4, 0.5) is 5.69 Å². The standard InChI is InChI=1S/C15H16N2O5/c1-8-13(18)16-11-4-2-3-10(12(11)22-8)14(19)17-6-5-9(7-17)15(20)21/h2-4,8-9H,5-7H2,1H3,(H,16,18)(H,20,21). The van der Waals surface area contributed by atoms with Crippen LogP contribution in [0.15, 0.2) is 18.2 Å². The molecule has 2 unspecified atom stereocenters. The highest BCUT2D eigenvalue weighted by Crippen LogP contribution is 2.34. The van der Waals surface area contributed by atoms with Crippen molar-refractivity contribution in [2.45, 2.75) is 19.4 Å². The number of para-hydroxylation sites is 1. The third-order valence-corrected chi connectivity index (χ3v) is 3.99. The van der Waals surface area contributed by atoms with Crippen LogP contribution in [0.1, 0.15) is 23.7 Å². The Balaban J connectivity index is 1.87. The van der Waals surface area contributed by atoms with Crippen LogP contribution in [0.3, 0.4) is 0 Å². The van der Waals surface area contributed by atoms with E-state index in [4.69, 9.17) is 9.84 Å². The Kier molecular flexibility index (Phi) is 3.48. The molecule has 22 heavy (non-hydrogen) atoms. The van der Waals surface area contributed by atoms with E-state index in [0.717, 1.165) is 0 Å². The van der Waals surface area contributed by atoms with Gasteiger partial charge in [-0.25, -0.2) is 0 Å². The van der Waals surface area contributed by atoms with Crippen LogP contribution in [0.2, 0.25) is 0 Å². The lowest BCUT2D eigenvalue weighted by Crippen LogP contribution is -2.36. The minimum absolute atomic E-state index is 0.194. The van der Waals surface area contributed by atoms with Gasteiger partial charge in [-0.05, 0) is 25.5 Å². The number of carbonyl (C=O) groups excluding carboxylic acids is 2. The van der Waals surface area contributed by atoms with Crippen molar-refractivity contribution in [3.63, 3.8) is 0 Å². The number of carboxylic acids is 1. The molecule has 0 aromatic heterocycles. The quantitative estimate of drug-likeness (QED) is 0.848. The molecule has 116 valence electrons. The predicted octanol–water partition coefficient (Wildman–Crippen LogP) is 0.953. The van der Waals surface area contributed by atoms with E-state index in [1.54, 1.807) is 25.1 Å². The third kappa shape index (κ3) is 2.38. The second kappa shape index (κ2) is 5.32. The van der Waals surface area contributed by atoms with Gasteiger partial charge in [0.1, 0.15) is 0 Å². The van der Waals surface area contributed by atoms with Crippen LogP contribution < -0.4 is 10.1 Å². The van der Waals surface area contributed by atoms with E-state index < -0.39 is 18.0 Å². The van der Waals surface area contributed by atoms with Crippen LogP contribution >= 0.6 is 0 Å². The van der Waals surface area contributed by atoms with Gasteiger partial charge in [-0.1, -0.05) is 6.07 Å². The zero-order chi connectivity index (χ0) is 15.9. The average molecular weight is 304 g/mol. The normalized spacial score (nSPS) is 23.5. The van der Waals surface area contributed by atoms with Crippen LogP contribution in [0.25, 0.3) is 0 Å². The number of hydrogen-bond donors (Lipinski definition) is 2. The zero-order valence-electron chi connectivity index (χ0n) is 12.0. The summed E-state index contributed by atoms with van der Waals surface area (Å²) in [5.74, 6) is -1.60. The Morgan fingerprint density at radius 1 is 1.41 bits per heavy atom. The lowest BCUT2D eigenvalue weighted by Gasteiger charge is -2.26. The fraction of sp³-hybridized carbons (Fsp3) is 0.400. The van der Waals surface area contributed by atoms with Gasteiger partial charge in [-0.3, -0.25) is 14.4 Å². The van der Waals surface area contributed by atoms with Crippen LogP contribution in [0, 0.1) is 5.92 Å². The highest BCUT2D eigenvalue weighted by molar-refractivity contribution is 6.04. The fourth-order valence-electron chi connectivity index (χ4n) is 2.71. The summed E-state index contributed by atoms with van der Waals surface area (Å²) in [6.07, 6.45) is -0.226. The predicted molar refractivity (Wildman–Crippen MR) is 76.8 cm³/mol. The van der Waals surface area contributed by atoms with Crippen LogP contribution in [0.5, 0.6) is 5.75 Å². The molecule has 2 heterocycles. The number of nitrogens with zero attached hydrogens (tertiary/aromatic N) is 1. The van der Waals surface area contributed by atoms with E-state index in [1.807, 2.05) is 0 Å². The molecule has 7 nitrogen and oxygen atoms in total. The van der Waals surface area contributed by atoms with E-state index >= 15 is 0 Å². The average Bonchev–Trinajstić information content (AvgIpc) is 2.97. The number of hydrogen-bond acceptors (Lipinski definition) is 4. The number of fused-ring (bicyclic) bond motifs is 1. The zero-order valence-corrected chi connectivity index (χ0v) is 12.0. The maximum atomic E-state index is 12.6. The number of carboxylic acid groups (broad SMARTS) is 1. The van der Waals surface area contributed by atoms with Crippen molar-refractivity contribution in [1.29, 1.82) is 0 Å². The molecule has 2 aliphatic heterocycles. The highest BCUT2D eigenvalue weighted by Gasteiger charge is 2.34. The van der Waals surface area contributed by atoms with Crippen LogP contribution in [-0.4, -0.2) is 47.0 Å². The summed E-state index contributed by atoms with van der Waals surface area (Å²) in [7, 11) is 0. The molecule has 2 amide bonds. The summed E-state index contributed by atoms with van der Waals surface area (Å²) in [6.45, 7) is 2.21. The van der Waals surface area contributed by atoms with Crippen LogP contribution in [-0.2, 0) is 9.59 Å². The molecule has 1 saturated heterocycles. The van der Waals surface area contributed by atoms with Gasteiger partial charge in [0, 0.05) is 13.1 Å². The summed E-state index contributed by atoms with van der Waals surface area (Å²) in [4.78, 5) is 36.8. The summed E-state index contributed by atoms with van der Waals surface area (Å²) in [5.41, 5.74) is 0.804. The maximum Gasteiger partial charge on any atom is 0.308 e. The van der Waals surface area contributed by atoms with E-state index in [2.05, 4.69) is 5.32 Å². The summed E-state index contributed by atoms with van der Waals surface area (Å²) >= 11 is 0. The Hall–Kier alpha value is -2.57. The minimum atomic E-state index is -0.887. The van der Waals surface area contributed by atoms with Crippen molar-refractivity contribution in [3.05, 3.63) is 23.8 Å². The summed E-state index contributed by atoms with van der Waals surface area (Å²) in [5, 5.41) is 11.7. The van der Waals surface area contributed by atoms with Crippen molar-refractivity contribution in [2.24, 2.45) is 5.92 Å². The van der Waals surface area contributed by atoms with Gasteiger partial charge in [0.2, 0.25) is 0 Å². The number of ether oxygens (including phenoxy) is 1. The first-order chi connectivity index (χ1) is 10.5. The molecule has 1 aromatic rings. The monoisotopic (exact) mass is 304 g/mol. The van der Waals surface area contributed by atoms with Crippen molar-refractivity contribution >= 4 is 23.5 Å². The molecule has 3 rings (SSSR count). The van der Waals surface area contributed by atoms with Gasteiger partial charge in [0.05, 0.1) is 17.2 Å². The molecule has 2 aliphatic rings. The number of nitrogens with one attached hydrogen (secondary N) is 1. The molecular weight excluding hydrogens is 288 g/mol. The fourth-order valence-corrected chi connectivity index (χ4v) is 2.71. The third-order valence-electron chi connectivity index (χ3n) is 3.99. The molecule has 0 radical (unpaired) electrons. The largest absolute Gasteiger partial charge is 0.481 e. The van der Waals surface area contributed by atoms with Gasteiger partial charge >= 0.3 is 5.97 Å². The molecule has 2 N–H and O–H groups in total. The number of aliphatic carboxylic acids is 1. The molecule has 1 fully saturated rings. The van der Waals surface area contributed by atoms with Gasteiger partial charge in [0.25, 0.3) is 11.8 Å². The molecule has 0 bridgehead atoms.